The van der Waals surface area contributed by atoms with Crippen LogP contribution in [0.4, 0.5) is 0 Å². The molecular formula is C40H43BiIrNO2-. The number of allylic oxidation sites excluding steroid dienone is 4. The summed E-state index contributed by atoms with van der Waals surface area (Å²) in [6, 6.07) is 34.3. The Morgan fingerprint density at radius 1 is 0.756 bits per heavy atom. The molecule has 1 aliphatic heterocycles. The summed E-state index contributed by atoms with van der Waals surface area (Å²) in [6.07, 6.45) is 10.3. The van der Waals surface area contributed by atoms with Crippen molar-refractivity contribution in [1.29, 1.82) is 0 Å². The minimum atomic E-state index is -1.94. The largest absolute Gasteiger partial charge is 0 e. The van der Waals surface area contributed by atoms with E-state index in [2.05, 4.69) is 110 Å². The molecule has 5 rings (SSSR count). The minimum Gasteiger partial charge on any atom is 0 e. The van der Waals surface area contributed by atoms with E-state index in [9.17, 15) is 9.90 Å². The van der Waals surface area contributed by atoms with E-state index in [4.69, 9.17) is 0 Å². The number of aliphatic hydroxyl groups excluding tert-OH is 1. The molecule has 2 heterocycles. The van der Waals surface area contributed by atoms with Crippen LogP contribution in [0.5, 0.6) is 0 Å². The molecule has 0 saturated carbocycles. The van der Waals surface area contributed by atoms with Crippen molar-refractivity contribution in [3.63, 3.8) is 0 Å². The maximum Gasteiger partial charge on any atom is 0 e. The van der Waals surface area contributed by atoms with Crippen LogP contribution >= 0.6 is 0 Å². The number of hydrogen-bond acceptors (Lipinski definition) is 3. The fourth-order valence-electron chi connectivity index (χ4n) is 5.26. The second-order valence-corrected chi connectivity index (χ2v) is 18.1. The monoisotopic (exact) mass is 971 g/mol. The van der Waals surface area contributed by atoms with Crippen molar-refractivity contribution in [2.75, 3.05) is 0 Å². The predicted molar refractivity (Wildman–Crippen MR) is 187 cm³/mol. The number of nitrogens with zero attached hydrogens (tertiary/aromatic N) is 1. The molecule has 0 atom stereocenters. The Morgan fingerprint density at radius 3 is 1.87 bits per heavy atom. The molecule has 0 saturated heterocycles. The van der Waals surface area contributed by atoms with Crippen LogP contribution < -0.4 is 3.27 Å². The topological polar surface area (TPSA) is 50.2 Å². The minimum absolute atomic E-state index is 0. The number of rotatable bonds is 11. The van der Waals surface area contributed by atoms with E-state index < -0.39 is 21.8 Å². The zero-order chi connectivity index (χ0) is 31.3. The van der Waals surface area contributed by atoms with Gasteiger partial charge in [-0.15, -0.1) is 0 Å². The van der Waals surface area contributed by atoms with E-state index in [1.165, 1.54) is 31.6 Å². The van der Waals surface area contributed by atoms with E-state index in [1.54, 1.807) is 0 Å². The van der Waals surface area contributed by atoms with Crippen LogP contribution in [-0.4, -0.2) is 37.6 Å². The van der Waals surface area contributed by atoms with Crippen molar-refractivity contribution in [2.45, 2.75) is 53.4 Å². The van der Waals surface area contributed by atoms with Crippen LogP contribution in [0.1, 0.15) is 59.1 Å². The summed E-state index contributed by atoms with van der Waals surface area (Å²) in [5.41, 5.74) is 7.03. The number of hydrogen-bond donors (Lipinski definition) is 1. The number of carbonyl (C=O) groups excluding carboxylic acids is 1. The van der Waals surface area contributed by atoms with Gasteiger partial charge in [-0.2, -0.15) is 0 Å². The van der Waals surface area contributed by atoms with Gasteiger partial charge in [0.25, 0.3) is 0 Å². The van der Waals surface area contributed by atoms with Gasteiger partial charge in [-0.05, 0) is 25.7 Å². The van der Waals surface area contributed by atoms with Crippen molar-refractivity contribution >= 4 is 36.4 Å². The Kier molecular flexibility index (Phi) is 15.3. The second-order valence-electron chi connectivity index (χ2n) is 10.9. The number of benzene rings is 3. The van der Waals surface area contributed by atoms with Gasteiger partial charge in [-0.25, -0.2) is 0 Å². The maximum atomic E-state index is 11.7. The first kappa shape index (κ1) is 36.5. The summed E-state index contributed by atoms with van der Waals surface area (Å²) in [5.74, 6) is 0.547. The average molecular weight is 971 g/mol. The molecule has 1 radical (unpaired) electrons. The smallest absolute Gasteiger partial charge is 0 e. The van der Waals surface area contributed by atoms with E-state index >= 15 is 0 Å². The molecule has 235 valence electrons. The first-order valence-electron chi connectivity index (χ1n) is 15.7. The molecule has 1 aliphatic rings. The molecule has 5 heteroatoms. The van der Waals surface area contributed by atoms with Gasteiger partial charge in [-0.3, -0.25) is 4.79 Å². The third kappa shape index (κ3) is 10.3. The number of carbonyl (C=O) groups is 1. The zero-order valence-electron chi connectivity index (χ0n) is 26.6. The van der Waals surface area contributed by atoms with Gasteiger partial charge in [0.2, 0.25) is 0 Å². The van der Waals surface area contributed by atoms with Crippen LogP contribution in [0.2, 0.25) is 0 Å². The quantitative estimate of drug-likeness (QED) is 0.0706. The van der Waals surface area contributed by atoms with Gasteiger partial charge in [0, 0.05) is 38.0 Å². The number of ketones is 1. The third-order valence-electron chi connectivity index (χ3n) is 8.12. The predicted octanol–water partition coefficient (Wildman–Crippen LogP) is 9.52. The first-order valence-corrected chi connectivity index (χ1v) is 21.4. The molecule has 0 fully saturated rings. The fourth-order valence-corrected chi connectivity index (χ4v) is 11.7. The molecule has 0 bridgehead atoms. The Hall–Kier alpha value is -2.97. The van der Waals surface area contributed by atoms with Crippen LogP contribution in [0.15, 0.2) is 123 Å². The average Bonchev–Trinajstić information content (AvgIpc) is 3.58. The Bertz CT molecular complexity index is 1570. The van der Waals surface area contributed by atoms with Crippen molar-refractivity contribution in [3.05, 3.63) is 134 Å². The molecule has 3 aromatic carbocycles. The normalized spacial score (nSPS) is 12.8. The Balaban J connectivity index is 0.000000297. The van der Waals surface area contributed by atoms with Gasteiger partial charge in [0.1, 0.15) is 0 Å². The summed E-state index contributed by atoms with van der Waals surface area (Å²) in [7, 11) is 0. The van der Waals surface area contributed by atoms with Crippen molar-refractivity contribution in [3.8, 4) is 22.3 Å². The molecule has 1 N–H and O–H groups in total. The zero-order valence-corrected chi connectivity index (χ0v) is 32.5. The molecule has 0 spiro atoms. The van der Waals surface area contributed by atoms with Gasteiger partial charge >= 0.3 is 174 Å². The van der Waals surface area contributed by atoms with Crippen LogP contribution in [-0.2, 0) is 24.9 Å². The van der Waals surface area contributed by atoms with Crippen LogP contribution in [0, 0.1) is 17.9 Å². The van der Waals surface area contributed by atoms with E-state index in [-0.39, 0.29) is 43.5 Å². The van der Waals surface area contributed by atoms with Crippen molar-refractivity contribution < 1.29 is 30.0 Å². The SMILES string of the molecule is CCC(CC)C(=O)/C=C(\O)C(CC)CC.[C-]1=[CH][Bi]([c]2ccccc2)[CH]=C1c1cc(-c2ccc(-c3ccccc3)cc2)ccn1.[Ir]. The Labute approximate surface area is 291 Å². The summed E-state index contributed by atoms with van der Waals surface area (Å²) in [5, 5.41) is 9.76. The maximum absolute atomic E-state index is 11.7. The molecule has 45 heavy (non-hydrogen) atoms. The number of aliphatic hydroxyl groups is 1. The summed E-state index contributed by atoms with van der Waals surface area (Å²) >= 11 is -1.94. The van der Waals surface area contributed by atoms with Gasteiger partial charge in [-0.1, -0.05) is 33.8 Å². The molecule has 1 aromatic heterocycles. The van der Waals surface area contributed by atoms with Crippen LogP contribution in [0.25, 0.3) is 27.8 Å². The summed E-state index contributed by atoms with van der Waals surface area (Å²) in [6.45, 7) is 8.07. The molecule has 4 aromatic rings. The third-order valence-corrected chi connectivity index (χ3v) is 15.3. The molecule has 0 unspecified atom stereocenters. The van der Waals surface area contributed by atoms with E-state index in [1.807, 2.05) is 40.0 Å². The number of aromatic nitrogens is 1. The van der Waals surface area contributed by atoms with Gasteiger partial charge in [0.05, 0.1) is 5.76 Å². The summed E-state index contributed by atoms with van der Waals surface area (Å²) < 4.78 is 6.25. The number of pyridine rings is 1. The van der Waals surface area contributed by atoms with Crippen LogP contribution in [0.3, 0.4) is 0 Å². The standard InChI is InChI=1S/C21H14N.C13H24O2.C6H5.Bi.Ir/c1-3-16(2)21-15-20(13-14-22-21)19-11-9-18(10-12-19)17-7-5-4-6-8-17;1-5-10(6-2)12(14)9-13(15)11(7-3)8-4;1-2-4-6-5-3-1;;/h1-2,4-15H;9-11,14H,5-8H2,1-4H3;1-5H;;/q-1;;;;/b;12-9-;;;. The second kappa shape index (κ2) is 18.9. The van der Waals surface area contributed by atoms with E-state index in [0.717, 1.165) is 37.0 Å². The van der Waals surface area contributed by atoms with Crippen molar-refractivity contribution in [2.24, 2.45) is 11.8 Å². The van der Waals surface area contributed by atoms with Crippen molar-refractivity contribution in [1.82, 2.24) is 4.98 Å². The Morgan fingerprint density at radius 2 is 1.29 bits per heavy atom. The van der Waals surface area contributed by atoms with E-state index in [0.29, 0.717) is 0 Å². The fraction of sp³-hybridized carbons (Fsp3) is 0.250. The first-order chi connectivity index (χ1) is 21.5. The molecule has 3 nitrogen and oxygen atoms in total. The molecule has 0 amide bonds. The molecule has 0 aliphatic carbocycles. The molecular weight excluding hydrogens is 928 g/mol. The summed E-state index contributed by atoms with van der Waals surface area (Å²) in [4.78, 5) is 16.3. The van der Waals surface area contributed by atoms with Gasteiger partial charge < -0.3 is 5.11 Å². The van der Waals surface area contributed by atoms with Gasteiger partial charge in [0.15, 0.2) is 5.78 Å².